The summed E-state index contributed by atoms with van der Waals surface area (Å²) >= 11 is 5.83. The SMILES string of the molecule is Cc1ccc(OCC(C)NC(=O)c2cc(Cl)ccn2)cc1. The number of aryl methyl sites for hydroxylation is 1. The maximum Gasteiger partial charge on any atom is 0.270 e. The molecule has 2 aromatic rings. The molecule has 0 aliphatic heterocycles. The normalized spacial score (nSPS) is 11.8. The van der Waals surface area contributed by atoms with Crippen LogP contribution in [0.2, 0.25) is 5.02 Å². The van der Waals surface area contributed by atoms with E-state index in [9.17, 15) is 4.79 Å². The van der Waals surface area contributed by atoms with E-state index in [1.165, 1.54) is 17.8 Å². The van der Waals surface area contributed by atoms with E-state index >= 15 is 0 Å². The van der Waals surface area contributed by atoms with Gasteiger partial charge in [0, 0.05) is 11.2 Å². The summed E-state index contributed by atoms with van der Waals surface area (Å²) in [6.45, 7) is 4.27. The number of hydrogen-bond donors (Lipinski definition) is 1. The number of benzene rings is 1. The first-order chi connectivity index (χ1) is 10.0. The Bertz CT molecular complexity index is 614. The number of hydrogen-bond acceptors (Lipinski definition) is 3. The lowest BCUT2D eigenvalue weighted by molar-refractivity contribution is 0.0921. The molecule has 0 saturated heterocycles. The van der Waals surface area contributed by atoms with E-state index in [1.54, 1.807) is 6.07 Å². The van der Waals surface area contributed by atoms with Gasteiger partial charge in [-0.25, -0.2) is 0 Å². The molecule has 1 N–H and O–H groups in total. The van der Waals surface area contributed by atoms with Crippen LogP contribution < -0.4 is 10.1 Å². The molecule has 21 heavy (non-hydrogen) atoms. The molecule has 1 amide bonds. The topological polar surface area (TPSA) is 51.2 Å². The number of ether oxygens (including phenoxy) is 1. The maximum atomic E-state index is 12.0. The third-order valence-corrected chi connectivity index (χ3v) is 3.09. The van der Waals surface area contributed by atoms with Gasteiger partial charge in [-0.05, 0) is 38.1 Å². The molecule has 4 nitrogen and oxygen atoms in total. The molecule has 5 heteroatoms. The van der Waals surface area contributed by atoms with Gasteiger partial charge in [0.1, 0.15) is 18.1 Å². The number of pyridine rings is 1. The largest absolute Gasteiger partial charge is 0.491 e. The molecule has 0 bridgehead atoms. The fourth-order valence-electron chi connectivity index (χ4n) is 1.72. The minimum Gasteiger partial charge on any atom is -0.491 e. The fourth-order valence-corrected chi connectivity index (χ4v) is 1.88. The molecule has 0 saturated carbocycles. The summed E-state index contributed by atoms with van der Waals surface area (Å²) in [5.41, 5.74) is 1.47. The summed E-state index contributed by atoms with van der Waals surface area (Å²) < 4.78 is 5.62. The van der Waals surface area contributed by atoms with Crippen LogP contribution in [0.4, 0.5) is 0 Å². The molecular weight excluding hydrogens is 288 g/mol. The number of amides is 1. The molecule has 0 radical (unpaired) electrons. The monoisotopic (exact) mass is 304 g/mol. The van der Waals surface area contributed by atoms with Gasteiger partial charge in [-0.2, -0.15) is 0 Å². The van der Waals surface area contributed by atoms with Crippen LogP contribution in [-0.2, 0) is 0 Å². The zero-order valence-electron chi connectivity index (χ0n) is 12.0. The molecule has 0 fully saturated rings. The molecule has 1 aromatic carbocycles. The first-order valence-electron chi connectivity index (χ1n) is 6.66. The molecule has 2 rings (SSSR count). The van der Waals surface area contributed by atoms with E-state index in [2.05, 4.69) is 10.3 Å². The van der Waals surface area contributed by atoms with Crippen molar-refractivity contribution in [1.82, 2.24) is 10.3 Å². The van der Waals surface area contributed by atoms with Crippen LogP contribution in [0.1, 0.15) is 23.0 Å². The number of carbonyl (C=O) groups excluding carboxylic acids is 1. The first kappa shape index (κ1) is 15.3. The highest BCUT2D eigenvalue weighted by Gasteiger charge is 2.11. The van der Waals surface area contributed by atoms with Crippen molar-refractivity contribution in [2.75, 3.05) is 6.61 Å². The Hall–Kier alpha value is -2.07. The molecule has 1 heterocycles. The Kier molecular flexibility index (Phi) is 5.17. The van der Waals surface area contributed by atoms with Crippen LogP contribution in [-0.4, -0.2) is 23.5 Å². The highest BCUT2D eigenvalue weighted by molar-refractivity contribution is 6.30. The second-order valence-corrected chi connectivity index (χ2v) is 5.29. The number of carbonyl (C=O) groups is 1. The van der Waals surface area contributed by atoms with E-state index in [-0.39, 0.29) is 11.9 Å². The van der Waals surface area contributed by atoms with Gasteiger partial charge in [0.2, 0.25) is 0 Å². The van der Waals surface area contributed by atoms with Gasteiger partial charge >= 0.3 is 0 Å². The van der Waals surface area contributed by atoms with Crippen molar-refractivity contribution in [3.05, 3.63) is 58.9 Å². The molecule has 0 aliphatic rings. The van der Waals surface area contributed by atoms with Gasteiger partial charge in [-0.1, -0.05) is 29.3 Å². The number of nitrogens with one attached hydrogen (secondary N) is 1. The van der Waals surface area contributed by atoms with E-state index in [0.29, 0.717) is 17.3 Å². The van der Waals surface area contributed by atoms with E-state index in [0.717, 1.165) is 5.75 Å². The van der Waals surface area contributed by atoms with Crippen LogP contribution in [0.3, 0.4) is 0 Å². The van der Waals surface area contributed by atoms with Crippen molar-refractivity contribution in [2.45, 2.75) is 19.9 Å². The second kappa shape index (κ2) is 7.09. The van der Waals surface area contributed by atoms with Crippen LogP contribution >= 0.6 is 11.6 Å². The summed E-state index contributed by atoms with van der Waals surface area (Å²) in [4.78, 5) is 16.0. The number of rotatable bonds is 5. The minimum atomic E-state index is -0.266. The molecule has 0 spiro atoms. The van der Waals surface area contributed by atoms with Gasteiger partial charge in [0.15, 0.2) is 0 Å². The van der Waals surface area contributed by atoms with Gasteiger partial charge < -0.3 is 10.1 Å². The Morgan fingerprint density at radius 3 is 2.71 bits per heavy atom. The average Bonchev–Trinajstić information content (AvgIpc) is 2.46. The lowest BCUT2D eigenvalue weighted by Gasteiger charge is -2.15. The third-order valence-electron chi connectivity index (χ3n) is 2.85. The standard InChI is InChI=1S/C16H17ClN2O2/c1-11-3-5-14(6-4-11)21-10-12(2)19-16(20)15-9-13(17)7-8-18-15/h3-9,12H,10H2,1-2H3,(H,19,20). The Morgan fingerprint density at radius 1 is 1.33 bits per heavy atom. The Morgan fingerprint density at radius 2 is 2.05 bits per heavy atom. The number of aromatic nitrogens is 1. The zero-order valence-corrected chi connectivity index (χ0v) is 12.7. The predicted octanol–water partition coefficient (Wildman–Crippen LogP) is 3.24. The molecule has 1 unspecified atom stereocenters. The molecule has 110 valence electrons. The predicted molar refractivity (Wildman–Crippen MR) is 82.8 cm³/mol. The summed E-state index contributed by atoms with van der Waals surface area (Å²) in [5.74, 6) is 0.514. The van der Waals surface area contributed by atoms with Crippen molar-refractivity contribution < 1.29 is 9.53 Å². The highest BCUT2D eigenvalue weighted by atomic mass is 35.5. The maximum absolute atomic E-state index is 12.0. The van der Waals surface area contributed by atoms with E-state index in [4.69, 9.17) is 16.3 Å². The molecule has 1 atom stereocenters. The van der Waals surface area contributed by atoms with Gasteiger partial charge in [0.25, 0.3) is 5.91 Å². The molecular formula is C16H17ClN2O2. The third kappa shape index (κ3) is 4.76. The van der Waals surface area contributed by atoms with Crippen molar-refractivity contribution in [3.8, 4) is 5.75 Å². The molecule has 1 aromatic heterocycles. The summed E-state index contributed by atoms with van der Waals surface area (Å²) in [6, 6.07) is 10.8. The lowest BCUT2D eigenvalue weighted by Crippen LogP contribution is -2.37. The number of halogens is 1. The highest BCUT2D eigenvalue weighted by Crippen LogP contribution is 2.12. The Balaban J connectivity index is 1.85. The summed E-state index contributed by atoms with van der Waals surface area (Å²) in [7, 11) is 0. The van der Waals surface area contributed by atoms with Crippen molar-refractivity contribution in [2.24, 2.45) is 0 Å². The first-order valence-corrected chi connectivity index (χ1v) is 7.04. The Labute approximate surface area is 129 Å². The van der Waals surface area contributed by atoms with Crippen LogP contribution in [0.5, 0.6) is 5.75 Å². The van der Waals surface area contributed by atoms with Crippen LogP contribution in [0, 0.1) is 6.92 Å². The summed E-state index contributed by atoms with van der Waals surface area (Å²) in [6.07, 6.45) is 1.50. The van der Waals surface area contributed by atoms with Gasteiger partial charge in [0.05, 0.1) is 6.04 Å². The van der Waals surface area contributed by atoms with E-state index < -0.39 is 0 Å². The smallest absolute Gasteiger partial charge is 0.270 e. The zero-order chi connectivity index (χ0) is 15.2. The minimum absolute atomic E-state index is 0.139. The number of nitrogens with zero attached hydrogens (tertiary/aromatic N) is 1. The van der Waals surface area contributed by atoms with Gasteiger partial charge in [-0.3, -0.25) is 9.78 Å². The fraction of sp³-hybridized carbons (Fsp3) is 0.250. The van der Waals surface area contributed by atoms with E-state index in [1.807, 2.05) is 38.1 Å². The lowest BCUT2D eigenvalue weighted by atomic mass is 10.2. The second-order valence-electron chi connectivity index (χ2n) is 4.86. The average molecular weight is 305 g/mol. The van der Waals surface area contributed by atoms with Crippen LogP contribution in [0.25, 0.3) is 0 Å². The summed E-state index contributed by atoms with van der Waals surface area (Å²) in [5, 5.41) is 3.30. The van der Waals surface area contributed by atoms with Crippen LogP contribution in [0.15, 0.2) is 42.6 Å². The molecule has 0 aliphatic carbocycles. The van der Waals surface area contributed by atoms with Crippen molar-refractivity contribution in [3.63, 3.8) is 0 Å². The van der Waals surface area contributed by atoms with Crippen molar-refractivity contribution >= 4 is 17.5 Å². The van der Waals surface area contributed by atoms with Crippen molar-refractivity contribution in [1.29, 1.82) is 0 Å². The van der Waals surface area contributed by atoms with Gasteiger partial charge in [-0.15, -0.1) is 0 Å². The quantitative estimate of drug-likeness (QED) is 0.922.